The normalized spacial score (nSPS) is 21.0. The zero-order chi connectivity index (χ0) is 19.6. The van der Waals surface area contributed by atoms with Crippen LogP contribution in [0.4, 0.5) is 5.82 Å². The Bertz CT molecular complexity index is 646. The summed E-state index contributed by atoms with van der Waals surface area (Å²) in [5, 5.41) is 0. The van der Waals surface area contributed by atoms with Gasteiger partial charge in [-0.3, -0.25) is 9.69 Å². The topological polar surface area (TPSA) is 52.6 Å². The van der Waals surface area contributed by atoms with Gasteiger partial charge >= 0.3 is 0 Å². The van der Waals surface area contributed by atoms with Crippen LogP contribution in [-0.4, -0.2) is 71.0 Å². The zero-order valence-electron chi connectivity index (χ0n) is 17.6. The average Bonchev–Trinajstić information content (AvgIpc) is 2.67. The van der Waals surface area contributed by atoms with Crippen molar-refractivity contribution in [3.05, 3.63) is 17.6 Å². The van der Waals surface area contributed by atoms with E-state index >= 15 is 0 Å². The van der Waals surface area contributed by atoms with Gasteiger partial charge in [-0.1, -0.05) is 20.8 Å². The number of nitrogens with zero attached hydrogens (tertiary/aromatic N) is 5. The molecule has 3 heterocycles. The minimum Gasteiger partial charge on any atom is -0.354 e. The largest absolute Gasteiger partial charge is 0.354 e. The molecule has 1 amide bonds. The van der Waals surface area contributed by atoms with Crippen LogP contribution in [0.2, 0.25) is 0 Å². The third kappa shape index (κ3) is 4.78. The van der Waals surface area contributed by atoms with Crippen LogP contribution >= 0.6 is 0 Å². The molecule has 0 radical (unpaired) electrons. The molecule has 2 aliphatic heterocycles. The molecule has 150 valence electrons. The smallest absolute Gasteiger partial charge is 0.239 e. The van der Waals surface area contributed by atoms with E-state index in [1.165, 1.54) is 0 Å². The monoisotopic (exact) mass is 373 g/mol. The number of carbonyl (C=O) groups excluding carboxylic acids is 1. The Morgan fingerprint density at radius 1 is 1.04 bits per heavy atom. The number of hydrogen-bond donors (Lipinski definition) is 0. The maximum absolute atomic E-state index is 12.9. The first-order valence-corrected chi connectivity index (χ1v) is 10.5. The molecule has 2 fully saturated rings. The predicted molar refractivity (Wildman–Crippen MR) is 109 cm³/mol. The molecule has 0 bridgehead atoms. The number of aromatic nitrogens is 2. The van der Waals surface area contributed by atoms with Crippen LogP contribution in [0.5, 0.6) is 0 Å². The number of piperazine rings is 1. The Morgan fingerprint density at radius 2 is 1.67 bits per heavy atom. The maximum atomic E-state index is 12.9. The zero-order valence-corrected chi connectivity index (χ0v) is 17.6. The minimum atomic E-state index is -0.0288. The summed E-state index contributed by atoms with van der Waals surface area (Å²) in [5.74, 6) is 3.32. The molecule has 0 N–H and O–H groups in total. The third-order valence-corrected chi connectivity index (χ3v) is 6.01. The summed E-state index contributed by atoms with van der Waals surface area (Å²) in [6.07, 6.45) is 2.27. The van der Waals surface area contributed by atoms with Crippen LogP contribution in [0.15, 0.2) is 6.07 Å². The molecule has 0 aliphatic carbocycles. The number of anilines is 1. The van der Waals surface area contributed by atoms with E-state index in [0.29, 0.717) is 11.8 Å². The van der Waals surface area contributed by atoms with Gasteiger partial charge in [-0.15, -0.1) is 0 Å². The summed E-state index contributed by atoms with van der Waals surface area (Å²) in [4.78, 5) is 28.9. The van der Waals surface area contributed by atoms with Gasteiger partial charge in [0.25, 0.3) is 0 Å². The van der Waals surface area contributed by atoms with E-state index in [1.54, 1.807) is 0 Å². The molecule has 0 unspecified atom stereocenters. The number of carbonyl (C=O) groups is 1. The molecule has 2 saturated heterocycles. The van der Waals surface area contributed by atoms with Crippen LogP contribution in [0.25, 0.3) is 0 Å². The highest BCUT2D eigenvalue weighted by Gasteiger charge is 2.30. The Labute approximate surface area is 164 Å². The molecule has 3 rings (SSSR count). The van der Waals surface area contributed by atoms with E-state index in [-0.39, 0.29) is 6.04 Å². The molecule has 0 aromatic carbocycles. The fourth-order valence-electron chi connectivity index (χ4n) is 3.98. The van der Waals surface area contributed by atoms with Gasteiger partial charge in [-0.2, -0.15) is 0 Å². The third-order valence-electron chi connectivity index (χ3n) is 6.01. The average molecular weight is 374 g/mol. The molecular weight excluding hydrogens is 338 g/mol. The Hall–Kier alpha value is -1.69. The molecule has 6 heteroatoms. The Kier molecular flexibility index (Phi) is 6.35. The number of aryl methyl sites for hydroxylation is 1. The molecule has 0 spiro atoms. The van der Waals surface area contributed by atoms with Crippen molar-refractivity contribution in [2.24, 2.45) is 5.92 Å². The number of likely N-dealkylation sites (tertiary alicyclic amines) is 1. The van der Waals surface area contributed by atoms with Crippen LogP contribution in [0.3, 0.4) is 0 Å². The number of piperidine rings is 1. The van der Waals surface area contributed by atoms with Gasteiger partial charge < -0.3 is 9.80 Å². The molecular formula is C21H35N5O. The SMILES string of the molecule is Cc1cc(N2CCN([C@@H](C)C(=O)N3CCC(C)CC3)CC2)nc(C(C)C)n1. The van der Waals surface area contributed by atoms with Crippen molar-refractivity contribution >= 4 is 11.7 Å². The van der Waals surface area contributed by atoms with Gasteiger partial charge in [0.1, 0.15) is 11.6 Å². The van der Waals surface area contributed by atoms with Gasteiger partial charge in [-0.05, 0) is 32.6 Å². The first-order chi connectivity index (χ1) is 12.8. The van der Waals surface area contributed by atoms with Crippen LogP contribution in [0.1, 0.15) is 58.0 Å². The van der Waals surface area contributed by atoms with Crippen LogP contribution in [-0.2, 0) is 4.79 Å². The predicted octanol–water partition coefficient (Wildman–Crippen LogP) is 2.68. The van der Waals surface area contributed by atoms with E-state index in [9.17, 15) is 4.79 Å². The highest BCUT2D eigenvalue weighted by molar-refractivity contribution is 5.81. The molecule has 6 nitrogen and oxygen atoms in total. The summed E-state index contributed by atoms with van der Waals surface area (Å²) in [5.41, 5.74) is 1.02. The van der Waals surface area contributed by atoms with Crippen molar-refractivity contribution in [2.45, 2.75) is 59.4 Å². The number of amides is 1. The molecule has 2 aliphatic rings. The fraction of sp³-hybridized carbons (Fsp3) is 0.762. The maximum Gasteiger partial charge on any atom is 0.239 e. The molecule has 1 aromatic rings. The summed E-state index contributed by atoms with van der Waals surface area (Å²) in [6, 6.07) is 2.05. The highest BCUT2D eigenvalue weighted by Crippen LogP contribution is 2.21. The van der Waals surface area contributed by atoms with Gasteiger partial charge in [0.2, 0.25) is 5.91 Å². The van der Waals surface area contributed by atoms with Crippen LogP contribution < -0.4 is 4.90 Å². The van der Waals surface area contributed by atoms with E-state index in [4.69, 9.17) is 4.98 Å². The lowest BCUT2D eigenvalue weighted by Crippen LogP contribution is -2.55. The highest BCUT2D eigenvalue weighted by atomic mass is 16.2. The van der Waals surface area contributed by atoms with Gasteiger partial charge in [0, 0.05) is 56.9 Å². The van der Waals surface area contributed by atoms with Crippen molar-refractivity contribution < 1.29 is 4.79 Å². The standard InChI is InChI=1S/C21H35N5O/c1-15(2)20-22-17(4)14-19(23-20)25-12-10-24(11-13-25)18(5)21(27)26-8-6-16(3)7-9-26/h14-16,18H,6-13H2,1-5H3/t18-/m0/s1. The quantitative estimate of drug-likeness (QED) is 0.812. The molecule has 0 saturated carbocycles. The first-order valence-electron chi connectivity index (χ1n) is 10.5. The van der Waals surface area contributed by atoms with Crippen LogP contribution in [0, 0.1) is 12.8 Å². The molecule has 27 heavy (non-hydrogen) atoms. The van der Waals surface area contributed by atoms with Crippen molar-refractivity contribution in [1.82, 2.24) is 19.8 Å². The second-order valence-corrected chi connectivity index (χ2v) is 8.59. The first kappa shape index (κ1) is 20.1. The Balaban J connectivity index is 1.58. The van der Waals surface area contributed by atoms with Gasteiger partial charge in [0.05, 0.1) is 6.04 Å². The lowest BCUT2D eigenvalue weighted by atomic mass is 9.98. The summed E-state index contributed by atoms with van der Waals surface area (Å²) in [6.45, 7) is 16.1. The number of rotatable bonds is 4. The second-order valence-electron chi connectivity index (χ2n) is 8.59. The second kappa shape index (κ2) is 8.55. The van der Waals surface area contributed by atoms with E-state index in [1.807, 2.05) is 6.92 Å². The molecule has 1 atom stereocenters. The lowest BCUT2D eigenvalue weighted by molar-refractivity contribution is -0.137. The van der Waals surface area contributed by atoms with Gasteiger partial charge in [0.15, 0.2) is 0 Å². The fourth-order valence-corrected chi connectivity index (χ4v) is 3.98. The van der Waals surface area contributed by atoms with Gasteiger partial charge in [-0.25, -0.2) is 9.97 Å². The van der Waals surface area contributed by atoms with E-state index in [0.717, 1.165) is 75.4 Å². The van der Waals surface area contributed by atoms with E-state index in [2.05, 4.69) is 53.4 Å². The molecule has 1 aromatic heterocycles. The van der Waals surface area contributed by atoms with Crippen molar-refractivity contribution in [1.29, 1.82) is 0 Å². The minimum absolute atomic E-state index is 0.0288. The summed E-state index contributed by atoms with van der Waals surface area (Å²) < 4.78 is 0. The summed E-state index contributed by atoms with van der Waals surface area (Å²) in [7, 11) is 0. The van der Waals surface area contributed by atoms with Crippen molar-refractivity contribution in [3.63, 3.8) is 0 Å². The van der Waals surface area contributed by atoms with E-state index < -0.39 is 0 Å². The number of hydrogen-bond acceptors (Lipinski definition) is 5. The van der Waals surface area contributed by atoms with Crippen molar-refractivity contribution in [3.8, 4) is 0 Å². The Morgan fingerprint density at radius 3 is 2.26 bits per heavy atom. The van der Waals surface area contributed by atoms with Crippen molar-refractivity contribution in [2.75, 3.05) is 44.2 Å². The summed E-state index contributed by atoms with van der Waals surface area (Å²) >= 11 is 0. The lowest BCUT2D eigenvalue weighted by Gasteiger charge is -2.40.